The van der Waals surface area contributed by atoms with E-state index in [-0.39, 0.29) is 6.61 Å². The van der Waals surface area contributed by atoms with E-state index in [0.717, 1.165) is 30.9 Å². The summed E-state index contributed by atoms with van der Waals surface area (Å²) >= 11 is 0. The molecule has 0 radical (unpaired) electrons. The summed E-state index contributed by atoms with van der Waals surface area (Å²) < 4.78 is 0. The highest BCUT2D eigenvalue weighted by atomic mass is 16.2. The van der Waals surface area contributed by atoms with Gasteiger partial charge >= 0.3 is 0 Å². The number of nitrogens with zero attached hydrogens (tertiary/aromatic N) is 2. The maximum atomic E-state index is 9.03. The third kappa shape index (κ3) is 2.54. The lowest BCUT2D eigenvalue weighted by atomic mass is 10.00. The zero-order chi connectivity index (χ0) is 13.9. The molecular weight excluding hydrogens is 248 g/mol. The van der Waals surface area contributed by atoms with Crippen LogP contribution in [0.1, 0.15) is 22.3 Å². The molecule has 104 valence electrons. The van der Waals surface area contributed by atoms with Gasteiger partial charge in [-0.05, 0) is 48.1 Å². The molecule has 0 unspecified atom stereocenters. The minimum atomic E-state index is 0.180. The van der Waals surface area contributed by atoms with Crippen molar-refractivity contribution in [2.45, 2.75) is 26.3 Å². The smallest absolute Gasteiger partial charge is 0.129 e. The molecule has 20 heavy (non-hydrogen) atoms. The summed E-state index contributed by atoms with van der Waals surface area (Å²) in [6.45, 7) is 4.22. The Labute approximate surface area is 119 Å². The van der Waals surface area contributed by atoms with Gasteiger partial charge in [-0.2, -0.15) is 0 Å². The van der Waals surface area contributed by atoms with Gasteiger partial charge < -0.3 is 10.0 Å². The van der Waals surface area contributed by atoms with Crippen molar-refractivity contribution < 1.29 is 5.11 Å². The fraction of sp³-hybridized carbons (Fsp3) is 0.353. The van der Waals surface area contributed by atoms with E-state index in [4.69, 9.17) is 5.11 Å². The Morgan fingerprint density at radius 1 is 1.25 bits per heavy atom. The molecule has 3 heteroatoms. The van der Waals surface area contributed by atoms with Crippen molar-refractivity contribution >= 4 is 5.82 Å². The largest absolute Gasteiger partial charge is 0.396 e. The van der Waals surface area contributed by atoms with Crippen LogP contribution < -0.4 is 4.90 Å². The van der Waals surface area contributed by atoms with Crippen LogP contribution in [0.25, 0.3) is 0 Å². The molecule has 2 heterocycles. The molecule has 3 rings (SSSR count). The Kier molecular flexibility index (Phi) is 3.70. The topological polar surface area (TPSA) is 36.4 Å². The minimum absolute atomic E-state index is 0.180. The second-order valence-corrected chi connectivity index (χ2v) is 5.38. The van der Waals surface area contributed by atoms with Crippen molar-refractivity contribution in [1.82, 2.24) is 4.98 Å². The molecule has 0 atom stereocenters. The van der Waals surface area contributed by atoms with Gasteiger partial charge in [-0.25, -0.2) is 4.98 Å². The van der Waals surface area contributed by atoms with Gasteiger partial charge in [0.25, 0.3) is 0 Å². The van der Waals surface area contributed by atoms with Crippen LogP contribution in [0.3, 0.4) is 0 Å². The molecule has 0 saturated carbocycles. The van der Waals surface area contributed by atoms with E-state index in [1.54, 1.807) is 0 Å². The van der Waals surface area contributed by atoms with E-state index in [0.29, 0.717) is 6.42 Å². The van der Waals surface area contributed by atoms with Crippen LogP contribution in [-0.4, -0.2) is 23.2 Å². The predicted molar refractivity (Wildman–Crippen MR) is 81.0 cm³/mol. The molecular formula is C17H20N2O. The lowest BCUT2D eigenvalue weighted by Crippen LogP contribution is -2.31. The molecule has 1 aliphatic heterocycles. The van der Waals surface area contributed by atoms with Crippen LogP contribution in [0.4, 0.5) is 5.82 Å². The number of aromatic nitrogens is 1. The zero-order valence-corrected chi connectivity index (χ0v) is 11.8. The molecule has 1 aliphatic rings. The molecule has 1 aromatic heterocycles. The molecule has 0 fully saturated rings. The molecule has 0 amide bonds. The average Bonchev–Trinajstić information content (AvgIpc) is 2.49. The lowest BCUT2D eigenvalue weighted by molar-refractivity contribution is 0.299. The second kappa shape index (κ2) is 5.63. The Bertz CT molecular complexity index is 610. The summed E-state index contributed by atoms with van der Waals surface area (Å²) in [5, 5.41) is 9.03. The number of aliphatic hydroxyl groups excluding tert-OH is 1. The third-order valence-electron chi connectivity index (χ3n) is 4.04. The van der Waals surface area contributed by atoms with Crippen LogP contribution in [0.15, 0.2) is 36.5 Å². The molecule has 3 nitrogen and oxygen atoms in total. The van der Waals surface area contributed by atoms with E-state index >= 15 is 0 Å². The maximum Gasteiger partial charge on any atom is 0.129 e. The van der Waals surface area contributed by atoms with E-state index in [1.807, 2.05) is 6.20 Å². The van der Waals surface area contributed by atoms with Crippen LogP contribution in [0.2, 0.25) is 0 Å². The Morgan fingerprint density at radius 3 is 2.80 bits per heavy atom. The summed E-state index contributed by atoms with van der Waals surface area (Å²) in [5.74, 6) is 1.04. The van der Waals surface area contributed by atoms with Gasteiger partial charge in [-0.15, -0.1) is 0 Å². The average molecular weight is 268 g/mol. The Hall–Kier alpha value is -1.87. The first-order valence-electron chi connectivity index (χ1n) is 7.16. The fourth-order valence-corrected chi connectivity index (χ4v) is 2.82. The van der Waals surface area contributed by atoms with Gasteiger partial charge in [-0.1, -0.05) is 24.3 Å². The molecule has 0 saturated heterocycles. The number of fused-ring (bicyclic) bond motifs is 1. The summed E-state index contributed by atoms with van der Waals surface area (Å²) in [5.41, 5.74) is 5.20. The van der Waals surface area contributed by atoms with Crippen molar-refractivity contribution in [2.75, 3.05) is 18.1 Å². The van der Waals surface area contributed by atoms with Crippen molar-refractivity contribution in [3.05, 3.63) is 58.8 Å². The van der Waals surface area contributed by atoms with Gasteiger partial charge in [0, 0.05) is 25.9 Å². The van der Waals surface area contributed by atoms with Crippen LogP contribution >= 0.6 is 0 Å². The van der Waals surface area contributed by atoms with Crippen molar-refractivity contribution in [3.63, 3.8) is 0 Å². The first-order chi connectivity index (χ1) is 9.78. The van der Waals surface area contributed by atoms with Gasteiger partial charge in [0.05, 0.1) is 0 Å². The standard InChI is InChI=1S/C17H20N2O/c1-13-10-17(18-11-15(13)7-9-20)19-8-6-14-4-2-3-5-16(14)12-19/h2-5,10-11,20H,6-9,12H2,1H3. The molecule has 1 N–H and O–H groups in total. The van der Waals surface area contributed by atoms with Crippen molar-refractivity contribution in [1.29, 1.82) is 0 Å². The van der Waals surface area contributed by atoms with E-state index in [9.17, 15) is 0 Å². The molecule has 0 bridgehead atoms. The highest BCUT2D eigenvalue weighted by Crippen LogP contribution is 2.24. The van der Waals surface area contributed by atoms with E-state index in [2.05, 4.69) is 47.1 Å². The number of anilines is 1. The van der Waals surface area contributed by atoms with Gasteiger partial charge in [0.1, 0.15) is 5.82 Å². The third-order valence-corrected chi connectivity index (χ3v) is 4.04. The molecule has 1 aromatic carbocycles. The van der Waals surface area contributed by atoms with Crippen molar-refractivity contribution in [3.8, 4) is 0 Å². The number of rotatable bonds is 3. The minimum Gasteiger partial charge on any atom is -0.396 e. The molecule has 0 aliphatic carbocycles. The lowest BCUT2D eigenvalue weighted by Gasteiger charge is -2.30. The monoisotopic (exact) mass is 268 g/mol. The van der Waals surface area contributed by atoms with E-state index in [1.165, 1.54) is 16.7 Å². The molecule has 0 spiro atoms. The summed E-state index contributed by atoms with van der Waals surface area (Å²) in [7, 11) is 0. The number of pyridine rings is 1. The van der Waals surface area contributed by atoms with Crippen molar-refractivity contribution in [2.24, 2.45) is 0 Å². The first-order valence-corrected chi connectivity index (χ1v) is 7.16. The number of hydrogen-bond donors (Lipinski definition) is 1. The van der Waals surface area contributed by atoms with Crippen LogP contribution in [0, 0.1) is 6.92 Å². The number of hydrogen-bond acceptors (Lipinski definition) is 3. The zero-order valence-electron chi connectivity index (χ0n) is 11.8. The predicted octanol–water partition coefficient (Wildman–Crippen LogP) is 2.49. The quantitative estimate of drug-likeness (QED) is 0.929. The van der Waals surface area contributed by atoms with Gasteiger partial charge in [0.15, 0.2) is 0 Å². The Balaban J connectivity index is 1.83. The molecule has 2 aromatic rings. The fourth-order valence-electron chi connectivity index (χ4n) is 2.82. The second-order valence-electron chi connectivity index (χ2n) is 5.38. The summed E-state index contributed by atoms with van der Waals surface area (Å²) in [6, 6.07) is 10.8. The van der Waals surface area contributed by atoms with Crippen LogP contribution in [0.5, 0.6) is 0 Å². The summed E-state index contributed by atoms with van der Waals surface area (Å²) in [4.78, 5) is 6.90. The maximum absolute atomic E-state index is 9.03. The highest BCUT2D eigenvalue weighted by molar-refractivity contribution is 5.47. The highest BCUT2D eigenvalue weighted by Gasteiger charge is 2.17. The summed E-state index contributed by atoms with van der Waals surface area (Å²) in [6.07, 6.45) is 3.67. The Morgan fingerprint density at radius 2 is 2.05 bits per heavy atom. The number of aryl methyl sites for hydroxylation is 1. The number of benzene rings is 1. The van der Waals surface area contributed by atoms with Gasteiger partial charge in [0.2, 0.25) is 0 Å². The van der Waals surface area contributed by atoms with Crippen LogP contribution in [-0.2, 0) is 19.4 Å². The SMILES string of the molecule is Cc1cc(N2CCc3ccccc3C2)ncc1CCO. The number of aliphatic hydroxyl groups is 1. The normalized spacial score (nSPS) is 14.2. The van der Waals surface area contributed by atoms with E-state index < -0.39 is 0 Å². The van der Waals surface area contributed by atoms with Gasteiger partial charge in [-0.3, -0.25) is 0 Å². The first kappa shape index (κ1) is 13.1.